The van der Waals surface area contributed by atoms with E-state index in [4.69, 9.17) is 0 Å². The third-order valence-electron chi connectivity index (χ3n) is 3.05. The summed E-state index contributed by atoms with van der Waals surface area (Å²) in [5, 5.41) is 0. The van der Waals surface area contributed by atoms with Crippen molar-refractivity contribution in [3.8, 4) is 0 Å². The zero-order chi connectivity index (χ0) is 13.8. The Balaban J connectivity index is 2.09. The highest BCUT2D eigenvalue weighted by Gasteiger charge is 2.04. The molecule has 0 bridgehead atoms. The minimum atomic E-state index is -0.225. The van der Waals surface area contributed by atoms with Crippen LogP contribution in [0.5, 0.6) is 0 Å². The molecule has 0 saturated carbocycles. The monoisotopic (exact) mass is 257 g/mol. The maximum absolute atomic E-state index is 12.8. The molecule has 0 fully saturated rings. The van der Waals surface area contributed by atoms with Crippen LogP contribution in [-0.2, 0) is 6.54 Å². The van der Waals surface area contributed by atoms with Crippen molar-refractivity contribution < 1.29 is 9.18 Å². The lowest BCUT2D eigenvalue weighted by atomic mass is 10.1. The number of rotatable bonds is 4. The van der Waals surface area contributed by atoms with Gasteiger partial charge in [0, 0.05) is 24.8 Å². The van der Waals surface area contributed by atoms with Gasteiger partial charge in [-0.2, -0.15) is 0 Å². The maximum atomic E-state index is 12.8. The molecule has 0 aliphatic rings. The second-order valence-electron chi connectivity index (χ2n) is 4.59. The minimum Gasteiger partial charge on any atom is -0.370 e. The molecule has 0 heterocycles. The fraction of sp³-hybridized carbons (Fsp3) is 0.188. The number of hydrogen-bond acceptors (Lipinski definition) is 2. The molecular formula is C16H16FNO. The molecule has 0 atom stereocenters. The van der Waals surface area contributed by atoms with E-state index in [1.165, 1.54) is 12.1 Å². The molecule has 0 radical (unpaired) electrons. The van der Waals surface area contributed by atoms with Gasteiger partial charge in [-0.05, 0) is 48.9 Å². The number of nitrogens with zero attached hydrogens (tertiary/aromatic N) is 1. The topological polar surface area (TPSA) is 20.3 Å². The van der Waals surface area contributed by atoms with E-state index in [0.29, 0.717) is 12.1 Å². The van der Waals surface area contributed by atoms with Crippen LogP contribution in [0.3, 0.4) is 0 Å². The van der Waals surface area contributed by atoms with Gasteiger partial charge in [0.2, 0.25) is 0 Å². The van der Waals surface area contributed by atoms with E-state index in [1.54, 1.807) is 19.1 Å². The first-order valence-corrected chi connectivity index (χ1v) is 6.13. The third kappa shape index (κ3) is 3.41. The molecule has 2 aromatic rings. The number of halogens is 1. The number of ketones is 1. The van der Waals surface area contributed by atoms with Crippen molar-refractivity contribution in [2.24, 2.45) is 0 Å². The Kier molecular flexibility index (Phi) is 3.95. The standard InChI is InChI=1S/C16H16FNO/c1-12(19)14-5-9-16(10-6-14)18(2)11-13-3-7-15(17)8-4-13/h3-10H,11H2,1-2H3. The quantitative estimate of drug-likeness (QED) is 0.779. The third-order valence-corrected chi connectivity index (χ3v) is 3.05. The molecule has 98 valence electrons. The smallest absolute Gasteiger partial charge is 0.159 e. The lowest BCUT2D eigenvalue weighted by molar-refractivity contribution is 0.101. The molecule has 0 saturated heterocycles. The largest absolute Gasteiger partial charge is 0.370 e. The van der Waals surface area contributed by atoms with E-state index in [-0.39, 0.29) is 11.6 Å². The van der Waals surface area contributed by atoms with Crippen LogP contribution in [0.2, 0.25) is 0 Å². The van der Waals surface area contributed by atoms with Crippen LogP contribution in [0.1, 0.15) is 22.8 Å². The first-order chi connectivity index (χ1) is 9.06. The first-order valence-electron chi connectivity index (χ1n) is 6.13. The first kappa shape index (κ1) is 13.3. The summed E-state index contributed by atoms with van der Waals surface area (Å²) in [6.45, 7) is 2.25. The van der Waals surface area contributed by atoms with E-state index in [1.807, 2.05) is 31.3 Å². The SMILES string of the molecule is CC(=O)c1ccc(N(C)Cc2ccc(F)cc2)cc1. The van der Waals surface area contributed by atoms with Crippen LogP contribution in [0.15, 0.2) is 48.5 Å². The fourth-order valence-electron chi connectivity index (χ4n) is 1.91. The predicted octanol–water partition coefficient (Wildman–Crippen LogP) is 3.66. The van der Waals surface area contributed by atoms with Gasteiger partial charge in [-0.1, -0.05) is 12.1 Å². The Labute approximate surface area is 112 Å². The molecule has 0 amide bonds. The summed E-state index contributed by atoms with van der Waals surface area (Å²) < 4.78 is 12.8. The normalized spacial score (nSPS) is 10.3. The zero-order valence-electron chi connectivity index (χ0n) is 11.1. The molecule has 0 aliphatic heterocycles. The van der Waals surface area contributed by atoms with Crippen LogP contribution < -0.4 is 4.90 Å². The van der Waals surface area contributed by atoms with Gasteiger partial charge in [-0.25, -0.2) is 4.39 Å². The summed E-state index contributed by atoms with van der Waals surface area (Å²) >= 11 is 0. The van der Waals surface area contributed by atoms with Crippen LogP contribution in [0.4, 0.5) is 10.1 Å². The average molecular weight is 257 g/mol. The molecule has 2 rings (SSSR count). The van der Waals surface area contributed by atoms with Gasteiger partial charge < -0.3 is 4.90 Å². The lowest BCUT2D eigenvalue weighted by Crippen LogP contribution is -2.16. The van der Waals surface area contributed by atoms with Gasteiger partial charge in [-0.3, -0.25) is 4.79 Å². The van der Waals surface area contributed by atoms with Gasteiger partial charge in [0.15, 0.2) is 5.78 Å². The van der Waals surface area contributed by atoms with E-state index in [0.717, 1.165) is 11.3 Å². The Bertz CT molecular complexity index is 560. The highest BCUT2D eigenvalue weighted by Crippen LogP contribution is 2.17. The molecule has 0 aromatic heterocycles. The van der Waals surface area contributed by atoms with Gasteiger partial charge in [0.25, 0.3) is 0 Å². The van der Waals surface area contributed by atoms with Crippen molar-refractivity contribution in [2.45, 2.75) is 13.5 Å². The van der Waals surface area contributed by atoms with Gasteiger partial charge >= 0.3 is 0 Å². The summed E-state index contributed by atoms with van der Waals surface area (Å²) in [7, 11) is 1.96. The molecular weight excluding hydrogens is 241 g/mol. The van der Waals surface area contributed by atoms with Crippen LogP contribution >= 0.6 is 0 Å². The molecule has 19 heavy (non-hydrogen) atoms. The maximum Gasteiger partial charge on any atom is 0.159 e. The van der Waals surface area contributed by atoms with Crippen molar-refractivity contribution in [3.63, 3.8) is 0 Å². The highest BCUT2D eigenvalue weighted by molar-refractivity contribution is 5.94. The van der Waals surface area contributed by atoms with Gasteiger partial charge in [-0.15, -0.1) is 0 Å². The number of carbonyl (C=O) groups is 1. The molecule has 0 aliphatic carbocycles. The number of hydrogen-bond donors (Lipinski definition) is 0. The zero-order valence-corrected chi connectivity index (χ0v) is 11.1. The summed E-state index contributed by atoms with van der Waals surface area (Å²) in [6.07, 6.45) is 0. The van der Waals surface area contributed by atoms with Gasteiger partial charge in [0.05, 0.1) is 0 Å². The van der Waals surface area contributed by atoms with E-state index >= 15 is 0 Å². The van der Waals surface area contributed by atoms with Crippen molar-refractivity contribution in [3.05, 3.63) is 65.5 Å². The summed E-state index contributed by atoms with van der Waals surface area (Å²) in [4.78, 5) is 13.3. The van der Waals surface area contributed by atoms with Crippen molar-refractivity contribution in [1.29, 1.82) is 0 Å². The Morgan fingerprint density at radius 3 is 2.16 bits per heavy atom. The second-order valence-corrected chi connectivity index (χ2v) is 4.59. The second kappa shape index (κ2) is 5.65. The number of Topliss-reactive ketones (excluding diaryl/α,β-unsaturated/α-hetero) is 1. The fourth-order valence-corrected chi connectivity index (χ4v) is 1.91. The number of carbonyl (C=O) groups excluding carboxylic acids is 1. The Hall–Kier alpha value is -2.16. The van der Waals surface area contributed by atoms with Crippen LogP contribution in [-0.4, -0.2) is 12.8 Å². The van der Waals surface area contributed by atoms with Crippen molar-refractivity contribution in [1.82, 2.24) is 0 Å². The lowest BCUT2D eigenvalue weighted by Gasteiger charge is -2.19. The van der Waals surface area contributed by atoms with Crippen molar-refractivity contribution in [2.75, 3.05) is 11.9 Å². The number of anilines is 1. The minimum absolute atomic E-state index is 0.0627. The molecule has 3 heteroatoms. The Morgan fingerprint density at radius 1 is 1.05 bits per heavy atom. The van der Waals surface area contributed by atoms with Crippen LogP contribution in [0.25, 0.3) is 0 Å². The highest BCUT2D eigenvalue weighted by atomic mass is 19.1. The molecule has 0 N–H and O–H groups in total. The number of benzene rings is 2. The van der Waals surface area contributed by atoms with Gasteiger partial charge in [0.1, 0.15) is 5.82 Å². The van der Waals surface area contributed by atoms with Crippen molar-refractivity contribution >= 4 is 11.5 Å². The van der Waals surface area contributed by atoms with E-state index in [9.17, 15) is 9.18 Å². The molecule has 2 aromatic carbocycles. The average Bonchev–Trinajstić information content (AvgIpc) is 2.41. The molecule has 0 unspecified atom stereocenters. The summed E-state index contributed by atoms with van der Waals surface area (Å²) in [5.41, 5.74) is 2.77. The summed E-state index contributed by atoms with van der Waals surface area (Å²) in [6, 6.07) is 13.9. The van der Waals surface area contributed by atoms with Crippen LogP contribution in [0, 0.1) is 5.82 Å². The molecule has 0 spiro atoms. The van der Waals surface area contributed by atoms with E-state index < -0.39 is 0 Å². The summed E-state index contributed by atoms with van der Waals surface area (Å²) in [5.74, 6) is -0.162. The predicted molar refractivity (Wildman–Crippen MR) is 75.0 cm³/mol. The molecule has 2 nitrogen and oxygen atoms in total. The Morgan fingerprint density at radius 2 is 1.63 bits per heavy atom. The van der Waals surface area contributed by atoms with E-state index in [2.05, 4.69) is 4.90 Å².